The van der Waals surface area contributed by atoms with Crippen LogP contribution in [0.15, 0.2) is 65.2 Å². The second-order valence-corrected chi connectivity index (χ2v) is 9.85. The van der Waals surface area contributed by atoms with Gasteiger partial charge in [0.05, 0.1) is 24.8 Å². The van der Waals surface area contributed by atoms with Crippen molar-refractivity contribution in [2.45, 2.75) is 19.4 Å². The topological polar surface area (TPSA) is 79.3 Å². The molecule has 2 aliphatic rings. The highest BCUT2D eigenvalue weighted by Crippen LogP contribution is 2.40. The lowest BCUT2D eigenvalue weighted by Crippen LogP contribution is -2.38. The summed E-state index contributed by atoms with van der Waals surface area (Å²) in [4.78, 5) is 30.3. The molecule has 4 rings (SSSR count). The Morgan fingerprint density at radius 3 is 2.56 bits per heavy atom. The molecule has 1 N–H and O–H groups in total. The second-order valence-electron chi connectivity index (χ2n) is 8.93. The minimum absolute atomic E-state index is 0.104. The molecule has 0 saturated carbocycles. The number of aryl methyl sites for hydroxylation is 1. The number of morpholine rings is 1. The summed E-state index contributed by atoms with van der Waals surface area (Å²) in [7, 11) is 0. The van der Waals surface area contributed by atoms with Crippen molar-refractivity contribution < 1.29 is 24.2 Å². The quantitative estimate of drug-likeness (QED) is 0.213. The number of halogens is 1. The van der Waals surface area contributed by atoms with Gasteiger partial charge in [-0.25, -0.2) is 0 Å². The molecule has 2 aromatic rings. The van der Waals surface area contributed by atoms with Crippen LogP contribution in [0, 0.1) is 6.92 Å². The van der Waals surface area contributed by atoms with Gasteiger partial charge in [-0.2, -0.15) is 0 Å². The zero-order valence-corrected chi connectivity index (χ0v) is 22.0. The number of ether oxygens (including phenoxy) is 2. The third-order valence-electron chi connectivity index (χ3n) is 6.51. The molecule has 1 amide bonds. The molecular formula is C28H31BrN2O5. The van der Waals surface area contributed by atoms with Crippen molar-refractivity contribution in [3.8, 4) is 5.75 Å². The monoisotopic (exact) mass is 554 g/mol. The molecule has 0 radical (unpaired) electrons. The molecule has 0 spiro atoms. The molecule has 36 heavy (non-hydrogen) atoms. The number of aliphatic hydroxyl groups is 1. The number of hydrogen-bond donors (Lipinski definition) is 1. The van der Waals surface area contributed by atoms with Crippen LogP contribution < -0.4 is 4.74 Å². The van der Waals surface area contributed by atoms with Gasteiger partial charge >= 0.3 is 0 Å². The maximum absolute atomic E-state index is 13.3. The molecule has 190 valence electrons. The number of likely N-dealkylation sites (tertiary alicyclic amines) is 1. The van der Waals surface area contributed by atoms with Crippen LogP contribution in [0.1, 0.15) is 29.2 Å². The van der Waals surface area contributed by atoms with Gasteiger partial charge in [-0.05, 0) is 54.8 Å². The Kier molecular flexibility index (Phi) is 8.61. The van der Waals surface area contributed by atoms with Gasteiger partial charge in [-0.1, -0.05) is 40.7 Å². The first-order chi connectivity index (χ1) is 17.4. The van der Waals surface area contributed by atoms with Crippen LogP contribution in [0.2, 0.25) is 0 Å². The van der Waals surface area contributed by atoms with Crippen LogP contribution in [-0.2, 0) is 14.3 Å². The average molecular weight is 555 g/mol. The van der Waals surface area contributed by atoms with Gasteiger partial charge in [0.2, 0.25) is 0 Å². The summed E-state index contributed by atoms with van der Waals surface area (Å²) in [5, 5.41) is 11.3. The molecule has 2 aromatic carbocycles. The van der Waals surface area contributed by atoms with Crippen molar-refractivity contribution in [2.24, 2.45) is 0 Å². The smallest absolute Gasteiger partial charge is 0.295 e. The van der Waals surface area contributed by atoms with Crippen LogP contribution in [0.25, 0.3) is 5.76 Å². The van der Waals surface area contributed by atoms with E-state index >= 15 is 0 Å². The van der Waals surface area contributed by atoms with Crippen LogP contribution in [0.4, 0.5) is 0 Å². The Bertz CT molecular complexity index is 1160. The molecule has 8 heteroatoms. The van der Waals surface area contributed by atoms with E-state index in [0.717, 1.165) is 35.2 Å². The predicted molar refractivity (Wildman–Crippen MR) is 142 cm³/mol. The Hall–Kier alpha value is -2.94. The van der Waals surface area contributed by atoms with Crippen molar-refractivity contribution in [2.75, 3.05) is 46.0 Å². The molecule has 2 aliphatic heterocycles. The number of ketones is 1. The van der Waals surface area contributed by atoms with Crippen LogP contribution >= 0.6 is 15.9 Å². The molecule has 7 nitrogen and oxygen atoms in total. The first-order valence-corrected chi connectivity index (χ1v) is 12.9. The summed E-state index contributed by atoms with van der Waals surface area (Å²) >= 11 is 3.45. The number of rotatable bonds is 9. The molecule has 1 atom stereocenters. The van der Waals surface area contributed by atoms with Gasteiger partial charge in [0.1, 0.15) is 18.1 Å². The van der Waals surface area contributed by atoms with E-state index in [1.54, 1.807) is 29.2 Å². The number of amides is 1. The third kappa shape index (κ3) is 5.72. The minimum Gasteiger partial charge on any atom is -0.507 e. The molecule has 0 bridgehead atoms. The molecule has 1 unspecified atom stereocenters. The van der Waals surface area contributed by atoms with Crippen molar-refractivity contribution in [3.05, 3.63) is 81.9 Å². The maximum Gasteiger partial charge on any atom is 0.295 e. The zero-order chi connectivity index (χ0) is 25.7. The molecule has 2 saturated heterocycles. The van der Waals surface area contributed by atoms with E-state index in [4.69, 9.17) is 9.47 Å². The Balaban J connectivity index is 1.66. The number of nitrogens with zero attached hydrogens (tertiary/aromatic N) is 2. The van der Waals surface area contributed by atoms with Crippen molar-refractivity contribution in [1.29, 1.82) is 0 Å². The molecular weight excluding hydrogens is 524 g/mol. The highest BCUT2D eigenvalue weighted by atomic mass is 79.9. The lowest BCUT2D eigenvalue weighted by Gasteiger charge is -2.29. The van der Waals surface area contributed by atoms with Crippen LogP contribution in [0.5, 0.6) is 5.75 Å². The summed E-state index contributed by atoms with van der Waals surface area (Å²) in [6, 6.07) is 12.0. The first-order valence-electron chi connectivity index (χ1n) is 12.1. The standard InChI is InChI=1S/C28H31BrN2O5/c1-3-15-36-23-10-7-21(18-19(23)2)26(32)24-25(20-5-8-22(29)9-6-20)31(28(34)27(24)33)12-4-11-30-13-16-35-17-14-30/h3,5-10,18,25,32H,1,4,11-17H2,2H3. The first kappa shape index (κ1) is 26.1. The van der Waals surface area contributed by atoms with Gasteiger partial charge in [-0.3, -0.25) is 14.5 Å². The Morgan fingerprint density at radius 1 is 1.17 bits per heavy atom. The Morgan fingerprint density at radius 2 is 1.89 bits per heavy atom. The normalized spacial score (nSPS) is 20.1. The third-order valence-corrected chi connectivity index (χ3v) is 7.04. The summed E-state index contributed by atoms with van der Waals surface area (Å²) in [6.07, 6.45) is 2.38. The summed E-state index contributed by atoms with van der Waals surface area (Å²) in [5.41, 5.74) is 2.15. The maximum atomic E-state index is 13.3. The van der Waals surface area contributed by atoms with E-state index in [0.29, 0.717) is 44.1 Å². The largest absolute Gasteiger partial charge is 0.507 e. The zero-order valence-electron chi connectivity index (χ0n) is 20.4. The Labute approximate surface area is 220 Å². The summed E-state index contributed by atoms with van der Waals surface area (Å²) < 4.78 is 11.9. The minimum atomic E-state index is -0.670. The number of carbonyl (C=O) groups is 2. The van der Waals surface area contributed by atoms with E-state index in [1.165, 1.54) is 0 Å². The number of benzene rings is 2. The van der Waals surface area contributed by atoms with Gasteiger partial charge < -0.3 is 19.5 Å². The van der Waals surface area contributed by atoms with E-state index in [-0.39, 0.29) is 11.3 Å². The highest BCUT2D eigenvalue weighted by molar-refractivity contribution is 9.10. The van der Waals surface area contributed by atoms with Gasteiger partial charge in [0.25, 0.3) is 11.7 Å². The van der Waals surface area contributed by atoms with Crippen molar-refractivity contribution in [1.82, 2.24) is 9.80 Å². The number of Topliss-reactive ketones (excluding diaryl/α,β-unsaturated/α-hetero) is 1. The molecule has 2 heterocycles. The number of carbonyl (C=O) groups excluding carboxylic acids is 2. The van der Waals surface area contributed by atoms with E-state index < -0.39 is 17.7 Å². The molecule has 0 aromatic heterocycles. The lowest BCUT2D eigenvalue weighted by atomic mass is 9.94. The highest BCUT2D eigenvalue weighted by Gasteiger charge is 2.45. The van der Waals surface area contributed by atoms with E-state index in [9.17, 15) is 14.7 Å². The fourth-order valence-electron chi connectivity index (χ4n) is 4.65. The van der Waals surface area contributed by atoms with Crippen LogP contribution in [-0.4, -0.2) is 72.6 Å². The van der Waals surface area contributed by atoms with E-state index in [1.807, 2.05) is 31.2 Å². The average Bonchev–Trinajstić information content (AvgIpc) is 3.13. The summed E-state index contributed by atoms with van der Waals surface area (Å²) in [5.74, 6) is -0.777. The summed E-state index contributed by atoms with van der Waals surface area (Å²) in [6.45, 7) is 10.3. The van der Waals surface area contributed by atoms with Gasteiger partial charge in [-0.15, -0.1) is 0 Å². The fourth-order valence-corrected chi connectivity index (χ4v) is 4.92. The fraction of sp³-hybridized carbons (Fsp3) is 0.357. The van der Waals surface area contributed by atoms with E-state index in [2.05, 4.69) is 27.4 Å². The lowest BCUT2D eigenvalue weighted by molar-refractivity contribution is -0.140. The SMILES string of the molecule is C=CCOc1ccc(C(O)=C2C(=O)C(=O)N(CCCN3CCOCC3)C2c2ccc(Br)cc2)cc1C. The predicted octanol–water partition coefficient (Wildman–Crippen LogP) is 4.47. The van der Waals surface area contributed by atoms with Crippen LogP contribution in [0.3, 0.4) is 0 Å². The van der Waals surface area contributed by atoms with Gasteiger partial charge in [0.15, 0.2) is 0 Å². The van der Waals surface area contributed by atoms with Crippen molar-refractivity contribution >= 4 is 33.4 Å². The number of hydrogen-bond acceptors (Lipinski definition) is 6. The second kappa shape index (κ2) is 11.9. The number of aliphatic hydroxyl groups excluding tert-OH is 1. The molecule has 0 aliphatic carbocycles. The van der Waals surface area contributed by atoms with Gasteiger partial charge in [0, 0.05) is 36.2 Å². The van der Waals surface area contributed by atoms with Crippen molar-refractivity contribution in [3.63, 3.8) is 0 Å². The molecule has 2 fully saturated rings.